The maximum atomic E-state index is 13.0. The minimum atomic E-state index is -0.244. The van der Waals surface area contributed by atoms with Crippen LogP contribution in [0.1, 0.15) is 24.8 Å². The van der Waals surface area contributed by atoms with Gasteiger partial charge in [0.15, 0.2) is 0 Å². The van der Waals surface area contributed by atoms with Crippen LogP contribution < -0.4 is 0 Å². The second kappa shape index (κ2) is 9.17. The van der Waals surface area contributed by atoms with Crippen LogP contribution in [0, 0.1) is 11.7 Å². The highest BCUT2D eigenvalue weighted by Gasteiger charge is 2.23. The van der Waals surface area contributed by atoms with Crippen LogP contribution in [0.15, 0.2) is 61.1 Å². The Morgan fingerprint density at radius 3 is 2.55 bits per heavy atom. The zero-order chi connectivity index (χ0) is 22.8. The Labute approximate surface area is 192 Å². The largest absolute Gasteiger partial charge is 0.343 e. The average molecular weight is 446 g/mol. The molecule has 1 aliphatic rings. The molecule has 0 bridgehead atoms. The molecule has 2 aromatic carbocycles. The highest BCUT2D eigenvalue weighted by molar-refractivity contribution is 5.84. The van der Waals surface area contributed by atoms with Crippen LogP contribution in [0.4, 0.5) is 4.39 Å². The van der Waals surface area contributed by atoms with Crippen molar-refractivity contribution < 1.29 is 9.18 Å². The molecule has 0 N–H and O–H groups in total. The van der Waals surface area contributed by atoms with Crippen LogP contribution in [-0.2, 0) is 24.8 Å². The molecule has 0 radical (unpaired) electrons. The summed E-state index contributed by atoms with van der Waals surface area (Å²) in [6, 6.07) is 12.8. The quantitative estimate of drug-likeness (QED) is 0.441. The van der Waals surface area contributed by atoms with Gasteiger partial charge in [0.1, 0.15) is 5.82 Å². The molecular weight excluding hydrogens is 417 g/mol. The van der Waals surface area contributed by atoms with Gasteiger partial charge in [0.25, 0.3) is 0 Å². The molecule has 4 aromatic rings. The average Bonchev–Trinajstić information content (AvgIpc) is 3.45. The van der Waals surface area contributed by atoms with Crippen molar-refractivity contribution in [2.45, 2.75) is 32.2 Å². The first-order valence-corrected chi connectivity index (χ1v) is 11.5. The SMILES string of the molecule is Cn1cc(-c2ccc3c(cnn3CC3CCN(C(=O)CCc4ccc(F)cc4)CC3)c2)cn1. The summed E-state index contributed by atoms with van der Waals surface area (Å²) in [7, 11) is 1.92. The number of piperidine rings is 1. The molecular formula is C26H28FN5O. The minimum absolute atomic E-state index is 0.185. The number of benzene rings is 2. The third-order valence-electron chi connectivity index (χ3n) is 6.62. The highest BCUT2D eigenvalue weighted by Crippen LogP contribution is 2.26. The third-order valence-corrected chi connectivity index (χ3v) is 6.62. The van der Waals surface area contributed by atoms with E-state index in [-0.39, 0.29) is 11.7 Å². The van der Waals surface area contributed by atoms with Crippen LogP contribution in [0.2, 0.25) is 0 Å². The molecule has 0 saturated carbocycles. The van der Waals surface area contributed by atoms with Crippen molar-refractivity contribution in [2.75, 3.05) is 13.1 Å². The Bertz CT molecular complexity index is 1250. The molecule has 3 heterocycles. The molecule has 0 aliphatic carbocycles. The molecule has 0 unspecified atom stereocenters. The van der Waals surface area contributed by atoms with Crippen LogP contribution in [0.25, 0.3) is 22.0 Å². The fourth-order valence-electron chi connectivity index (χ4n) is 4.65. The van der Waals surface area contributed by atoms with E-state index in [0.29, 0.717) is 18.8 Å². The molecule has 33 heavy (non-hydrogen) atoms. The van der Waals surface area contributed by atoms with Gasteiger partial charge in [-0.1, -0.05) is 18.2 Å². The van der Waals surface area contributed by atoms with Gasteiger partial charge < -0.3 is 4.90 Å². The number of rotatable bonds is 6. The summed E-state index contributed by atoms with van der Waals surface area (Å²) in [5.74, 6) is 0.448. The summed E-state index contributed by atoms with van der Waals surface area (Å²) in [4.78, 5) is 14.6. The van der Waals surface area contributed by atoms with E-state index < -0.39 is 0 Å². The van der Waals surface area contributed by atoms with E-state index in [9.17, 15) is 9.18 Å². The first kappa shape index (κ1) is 21.4. The Kier molecular flexibility index (Phi) is 5.94. The summed E-state index contributed by atoms with van der Waals surface area (Å²) >= 11 is 0. The summed E-state index contributed by atoms with van der Waals surface area (Å²) in [5, 5.41) is 10.0. The van der Waals surface area contributed by atoms with Crippen molar-refractivity contribution >= 4 is 16.8 Å². The lowest BCUT2D eigenvalue weighted by Crippen LogP contribution is -2.39. The molecule has 2 aromatic heterocycles. The zero-order valence-corrected chi connectivity index (χ0v) is 18.8. The van der Waals surface area contributed by atoms with Crippen molar-refractivity contribution in [2.24, 2.45) is 13.0 Å². The van der Waals surface area contributed by atoms with Gasteiger partial charge in [0, 0.05) is 50.2 Å². The van der Waals surface area contributed by atoms with Crippen molar-refractivity contribution in [3.63, 3.8) is 0 Å². The maximum absolute atomic E-state index is 13.0. The van der Waals surface area contributed by atoms with Gasteiger partial charge in [-0.2, -0.15) is 10.2 Å². The predicted octanol–water partition coefficient (Wildman–Crippen LogP) is 4.45. The molecule has 5 rings (SSSR count). The van der Waals surface area contributed by atoms with Gasteiger partial charge in [-0.15, -0.1) is 0 Å². The Morgan fingerprint density at radius 1 is 1.03 bits per heavy atom. The first-order chi connectivity index (χ1) is 16.0. The zero-order valence-electron chi connectivity index (χ0n) is 18.8. The number of fused-ring (bicyclic) bond motifs is 1. The van der Waals surface area contributed by atoms with E-state index >= 15 is 0 Å². The molecule has 1 amide bonds. The van der Waals surface area contributed by atoms with Crippen LogP contribution >= 0.6 is 0 Å². The van der Waals surface area contributed by atoms with Gasteiger partial charge in [-0.25, -0.2) is 4.39 Å². The van der Waals surface area contributed by atoms with Gasteiger partial charge >= 0.3 is 0 Å². The maximum Gasteiger partial charge on any atom is 0.222 e. The number of amides is 1. The summed E-state index contributed by atoms with van der Waals surface area (Å²) in [6.45, 7) is 2.45. The van der Waals surface area contributed by atoms with Crippen molar-refractivity contribution in [3.05, 3.63) is 72.4 Å². The number of likely N-dealkylation sites (tertiary alicyclic amines) is 1. The van der Waals surface area contributed by atoms with E-state index in [2.05, 4.69) is 33.1 Å². The molecule has 1 saturated heterocycles. The number of halogens is 1. The number of carbonyl (C=O) groups excluding carboxylic acids is 1. The molecule has 1 aliphatic heterocycles. The van der Waals surface area contributed by atoms with Crippen molar-refractivity contribution in [3.8, 4) is 11.1 Å². The molecule has 6 nitrogen and oxygen atoms in total. The Morgan fingerprint density at radius 2 is 1.82 bits per heavy atom. The smallest absolute Gasteiger partial charge is 0.222 e. The molecule has 170 valence electrons. The van der Waals surface area contributed by atoms with Gasteiger partial charge in [0.2, 0.25) is 5.91 Å². The number of nitrogens with zero attached hydrogens (tertiary/aromatic N) is 5. The van der Waals surface area contributed by atoms with Crippen LogP contribution in [0.5, 0.6) is 0 Å². The number of aromatic nitrogens is 4. The second-order valence-electron chi connectivity index (χ2n) is 8.95. The van der Waals surface area contributed by atoms with Gasteiger partial charge in [0.05, 0.1) is 17.9 Å². The monoisotopic (exact) mass is 445 g/mol. The van der Waals surface area contributed by atoms with E-state index in [1.54, 1.807) is 12.1 Å². The van der Waals surface area contributed by atoms with E-state index in [1.807, 2.05) is 35.2 Å². The van der Waals surface area contributed by atoms with Crippen molar-refractivity contribution in [1.29, 1.82) is 0 Å². The molecule has 0 spiro atoms. The summed E-state index contributed by atoms with van der Waals surface area (Å²) in [6.07, 6.45) is 8.91. The lowest BCUT2D eigenvalue weighted by Gasteiger charge is -2.32. The number of carbonyl (C=O) groups is 1. The standard InChI is InChI=1S/C26H28FN5O/c1-30-18-23(16-28-30)21-5-8-25-22(14-21)15-29-32(25)17-20-10-12-31(13-11-20)26(33)9-4-19-2-6-24(27)7-3-19/h2-3,5-8,14-16,18,20H,4,9-13,17H2,1H3. The van der Waals surface area contributed by atoms with Crippen LogP contribution in [0.3, 0.4) is 0 Å². The van der Waals surface area contributed by atoms with E-state index in [0.717, 1.165) is 60.1 Å². The summed E-state index contributed by atoms with van der Waals surface area (Å²) in [5.41, 5.74) is 4.38. The van der Waals surface area contributed by atoms with Crippen LogP contribution in [-0.4, -0.2) is 43.5 Å². The topological polar surface area (TPSA) is 56.0 Å². The number of aryl methyl sites for hydroxylation is 2. The second-order valence-corrected chi connectivity index (χ2v) is 8.95. The highest BCUT2D eigenvalue weighted by atomic mass is 19.1. The normalized spacial score (nSPS) is 14.8. The molecule has 0 atom stereocenters. The molecule has 1 fully saturated rings. The lowest BCUT2D eigenvalue weighted by atomic mass is 9.96. The first-order valence-electron chi connectivity index (χ1n) is 11.5. The lowest BCUT2D eigenvalue weighted by molar-refractivity contribution is -0.132. The fourth-order valence-corrected chi connectivity index (χ4v) is 4.65. The van der Waals surface area contributed by atoms with Crippen molar-refractivity contribution in [1.82, 2.24) is 24.5 Å². The van der Waals surface area contributed by atoms with E-state index in [1.165, 1.54) is 12.1 Å². The Balaban J connectivity index is 1.15. The molecule has 7 heteroatoms. The summed E-state index contributed by atoms with van der Waals surface area (Å²) < 4.78 is 16.9. The predicted molar refractivity (Wildman–Crippen MR) is 126 cm³/mol. The number of hydrogen-bond acceptors (Lipinski definition) is 3. The van der Waals surface area contributed by atoms with Gasteiger partial charge in [-0.05, 0) is 60.6 Å². The van der Waals surface area contributed by atoms with Gasteiger partial charge in [-0.3, -0.25) is 14.2 Å². The number of hydrogen-bond donors (Lipinski definition) is 0. The third kappa shape index (κ3) is 4.82. The fraction of sp³-hybridized carbons (Fsp3) is 0.346. The minimum Gasteiger partial charge on any atom is -0.343 e. The van der Waals surface area contributed by atoms with E-state index in [4.69, 9.17) is 0 Å². The Hall–Kier alpha value is -3.48.